The molecule has 1 rings (SSSR count). The van der Waals surface area contributed by atoms with Crippen molar-refractivity contribution in [3.63, 3.8) is 0 Å². The summed E-state index contributed by atoms with van der Waals surface area (Å²) in [5.41, 5.74) is 0.905. The van der Waals surface area contributed by atoms with E-state index in [0.717, 1.165) is 0 Å². The van der Waals surface area contributed by atoms with Crippen molar-refractivity contribution >= 4 is 5.69 Å². The first-order valence-electron chi connectivity index (χ1n) is 5.55. The van der Waals surface area contributed by atoms with Gasteiger partial charge in [0, 0.05) is 18.7 Å². The summed E-state index contributed by atoms with van der Waals surface area (Å²) in [6.07, 6.45) is -0.429. The van der Waals surface area contributed by atoms with Crippen LogP contribution in [0.2, 0.25) is 0 Å². The molecule has 2 atom stereocenters. The first-order chi connectivity index (χ1) is 7.99. The van der Waals surface area contributed by atoms with Crippen LogP contribution in [0.4, 0.5) is 10.1 Å². The van der Waals surface area contributed by atoms with Gasteiger partial charge in [0.25, 0.3) is 0 Å². The molecular formula is C13H17FN2O. The fraction of sp³-hybridized carbons (Fsp3) is 0.462. The van der Waals surface area contributed by atoms with Crippen LogP contribution in [0.3, 0.4) is 0 Å². The molecule has 0 amide bonds. The van der Waals surface area contributed by atoms with Crippen LogP contribution >= 0.6 is 0 Å². The number of nitrogens with zero attached hydrogens (tertiary/aromatic N) is 2. The summed E-state index contributed by atoms with van der Waals surface area (Å²) in [4.78, 5) is 1.70. The Bertz CT molecular complexity index is 426. The van der Waals surface area contributed by atoms with Crippen molar-refractivity contribution in [2.24, 2.45) is 0 Å². The molecule has 0 bridgehead atoms. The van der Waals surface area contributed by atoms with Gasteiger partial charge in [-0.3, -0.25) is 0 Å². The van der Waals surface area contributed by atoms with Crippen LogP contribution in [-0.4, -0.2) is 18.2 Å². The van der Waals surface area contributed by atoms with E-state index < -0.39 is 6.10 Å². The molecule has 0 fully saturated rings. The summed E-state index contributed by atoms with van der Waals surface area (Å²) in [5, 5.41) is 18.3. The standard InChI is InChI=1S/C13H17FN2O/c1-9(7-8-15)16(3)13-11(10(2)17)5-4-6-12(13)14/h4-6,9-10,17H,7H2,1-3H3. The average Bonchev–Trinajstić information content (AvgIpc) is 2.28. The molecule has 1 aromatic carbocycles. The number of rotatable bonds is 4. The fourth-order valence-electron chi connectivity index (χ4n) is 1.73. The van der Waals surface area contributed by atoms with Gasteiger partial charge >= 0.3 is 0 Å². The monoisotopic (exact) mass is 236 g/mol. The van der Waals surface area contributed by atoms with Crippen molar-refractivity contribution < 1.29 is 9.50 Å². The molecule has 0 heterocycles. The lowest BCUT2D eigenvalue weighted by molar-refractivity contribution is 0.199. The number of benzene rings is 1. The van der Waals surface area contributed by atoms with E-state index in [4.69, 9.17) is 5.26 Å². The number of hydrogen-bond donors (Lipinski definition) is 1. The van der Waals surface area contributed by atoms with Crippen molar-refractivity contribution in [1.29, 1.82) is 5.26 Å². The Morgan fingerprint density at radius 3 is 2.65 bits per heavy atom. The third kappa shape index (κ3) is 2.95. The molecule has 1 N–H and O–H groups in total. The van der Waals surface area contributed by atoms with Crippen LogP contribution in [0.15, 0.2) is 18.2 Å². The Morgan fingerprint density at radius 2 is 2.12 bits per heavy atom. The number of para-hydroxylation sites is 1. The van der Waals surface area contributed by atoms with E-state index in [1.807, 2.05) is 6.92 Å². The maximum Gasteiger partial charge on any atom is 0.146 e. The van der Waals surface area contributed by atoms with Gasteiger partial charge in [-0.2, -0.15) is 5.26 Å². The van der Waals surface area contributed by atoms with Gasteiger partial charge in [0.2, 0.25) is 0 Å². The zero-order valence-electron chi connectivity index (χ0n) is 10.3. The predicted octanol–water partition coefficient (Wildman–Crippen LogP) is 2.62. The van der Waals surface area contributed by atoms with Crippen molar-refractivity contribution in [3.8, 4) is 6.07 Å². The third-order valence-corrected chi connectivity index (χ3v) is 2.87. The van der Waals surface area contributed by atoms with Gasteiger partial charge in [-0.05, 0) is 19.9 Å². The molecule has 0 aliphatic carbocycles. The van der Waals surface area contributed by atoms with E-state index >= 15 is 0 Å². The molecule has 0 saturated heterocycles. The highest BCUT2D eigenvalue weighted by Gasteiger charge is 2.19. The van der Waals surface area contributed by atoms with Gasteiger partial charge in [-0.1, -0.05) is 12.1 Å². The number of aliphatic hydroxyl groups is 1. The molecule has 0 saturated carbocycles. The SMILES string of the molecule is CC(O)c1cccc(F)c1N(C)C(C)CC#N. The van der Waals surface area contributed by atoms with Crippen molar-refractivity contribution in [1.82, 2.24) is 0 Å². The van der Waals surface area contributed by atoms with Gasteiger partial charge in [0.1, 0.15) is 5.82 Å². The molecule has 92 valence electrons. The number of nitriles is 1. The summed E-state index contributed by atoms with van der Waals surface area (Å²) in [6, 6.07) is 6.58. The second kappa shape index (κ2) is 5.65. The smallest absolute Gasteiger partial charge is 0.146 e. The number of halogens is 1. The lowest BCUT2D eigenvalue weighted by atomic mass is 10.1. The Hall–Kier alpha value is -1.60. The lowest BCUT2D eigenvalue weighted by Gasteiger charge is -2.28. The predicted molar refractivity (Wildman–Crippen MR) is 65.1 cm³/mol. The highest BCUT2D eigenvalue weighted by molar-refractivity contribution is 5.56. The zero-order chi connectivity index (χ0) is 13.0. The van der Waals surface area contributed by atoms with Crippen LogP contribution in [0.5, 0.6) is 0 Å². The molecule has 0 aliphatic heterocycles. The van der Waals surface area contributed by atoms with Gasteiger partial charge in [0.15, 0.2) is 0 Å². The Labute approximate surface area is 101 Å². The molecule has 2 unspecified atom stereocenters. The highest BCUT2D eigenvalue weighted by atomic mass is 19.1. The first kappa shape index (κ1) is 13.5. The van der Waals surface area contributed by atoms with Crippen LogP contribution in [0.25, 0.3) is 0 Å². The Kier molecular flexibility index (Phi) is 4.47. The maximum absolute atomic E-state index is 13.8. The van der Waals surface area contributed by atoms with E-state index in [1.54, 1.807) is 31.0 Å². The van der Waals surface area contributed by atoms with Gasteiger partial charge < -0.3 is 10.0 Å². The Balaban J connectivity index is 3.16. The van der Waals surface area contributed by atoms with Crippen LogP contribution < -0.4 is 4.90 Å². The summed E-state index contributed by atoms with van der Waals surface area (Å²) in [5.74, 6) is -0.379. The fourth-order valence-corrected chi connectivity index (χ4v) is 1.73. The van der Waals surface area contributed by atoms with Crippen LogP contribution in [0, 0.1) is 17.1 Å². The molecule has 3 nitrogen and oxygen atoms in total. The number of anilines is 1. The molecule has 0 aliphatic rings. The van der Waals surface area contributed by atoms with Crippen molar-refractivity contribution in [2.75, 3.05) is 11.9 Å². The van der Waals surface area contributed by atoms with E-state index in [1.165, 1.54) is 6.07 Å². The Morgan fingerprint density at radius 1 is 1.47 bits per heavy atom. The van der Waals surface area contributed by atoms with E-state index in [-0.39, 0.29) is 11.9 Å². The molecule has 0 spiro atoms. The second-order valence-electron chi connectivity index (χ2n) is 4.18. The van der Waals surface area contributed by atoms with E-state index in [0.29, 0.717) is 17.7 Å². The molecule has 17 heavy (non-hydrogen) atoms. The maximum atomic E-state index is 13.8. The molecule has 0 aromatic heterocycles. The quantitative estimate of drug-likeness (QED) is 0.874. The lowest BCUT2D eigenvalue weighted by Crippen LogP contribution is -2.30. The number of aliphatic hydroxyl groups excluding tert-OH is 1. The van der Waals surface area contributed by atoms with Crippen LogP contribution in [-0.2, 0) is 0 Å². The summed E-state index contributed by atoms with van der Waals surface area (Å²) >= 11 is 0. The van der Waals surface area contributed by atoms with E-state index in [9.17, 15) is 9.50 Å². The zero-order valence-corrected chi connectivity index (χ0v) is 10.3. The highest BCUT2D eigenvalue weighted by Crippen LogP contribution is 2.30. The summed E-state index contributed by atoms with van der Waals surface area (Å²) < 4.78 is 13.8. The summed E-state index contributed by atoms with van der Waals surface area (Å²) in [6.45, 7) is 3.45. The number of hydrogen-bond acceptors (Lipinski definition) is 3. The molecular weight excluding hydrogens is 219 g/mol. The van der Waals surface area contributed by atoms with Gasteiger partial charge in [-0.15, -0.1) is 0 Å². The van der Waals surface area contributed by atoms with Crippen molar-refractivity contribution in [2.45, 2.75) is 32.4 Å². The molecule has 1 aromatic rings. The third-order valence-electron chi connectivity index (χ3n) is 2.87. The topological polar surface area (TPSA) is 47.3 Å². The minimum Gasteiger partial charge on any atom is -0.389 e. The largest absolute Gasteiger partial charge is 0.389 e. The first-order valence-corrected chi connectivity index (χ1v) is 5.55. The normalized spacial score (nSPS) is 13.9. The minimum atomic E-state index is -0.738. The van der Waals surface area contributed by atoms with Crippen LogP contribution in [0.1, 0.15) is 31.9 Å². The van der Waals surface area contributed by atoms with Gasteiger partial charge in [-0.25, -0.2) is 4.39 Å². The second-order valence-corrected chi connectivity index (χ2v) is 4.18. The minimum absolute atomic E-state index is 0.102. The van der Waals surface area contributed by atoms with E-state index in [2.05, 4.69) is 6.07 Å². The average molecular weight is 236 g/mol. The molecule has 4 heteroatoms. The van der Waals surface area contributed by atoms with Gasteiger partial charge in [0.05, 0.1) is 24.3 Å². The van der Waals surface area contributed by atoms with Crippen molar-refractivity contribution in [3.05, 3.63) is 29.6 Å². The summed E-state index contributed by atoms with van der Waals surface area (Å²) in [7, 11) is 1.73. The molecule has 0 radical (unpaired) electrons.